The first kappa shape index (κ1) is 30.2. The maximum atomic E-state index is 15.0. The van der Waals surface area contributed by atoms with Gasteiger partial charge in [-0.1, -0.05) is 17.7 Å². The molecule has 0 unspecified atom stereocenters. The van der Waals surface area contributed by atoms with E-state index in [1.54, 1.807) is 25.1 Å². The zero-order valence-corrected chi connectivity index (χ0v) is 23.6. The van der Waals surface area contributed by atoms with E-state index in [0.29, 0.717) is 48.0 Å². The number of nitrogens with zero attached hydrogens (tertiary/aromatic N) is 1. The molecule has 14 heteroatoms. The van der Waals surface area contributed by atoms with Crippen LogP contribution in [0.4, 0.5) is 18.9 Å². The van der Waals surface area contributed by atoms with Gasteiger partial charge in [-0.2, -0.15) is 4.39 Å². The second-order valence-corrected chi connectivity index (χ2v) is 13.0. The third-order valence-corrected chi connectivity index (χ3v) is 9.16. The highest BCUT2D eigenvalue weighted by Crippen LogP contribution is 2.49. The number of hydrogen-bond acceptors (Lipinski definition) is 6. The normalized spacial score (nSPS) is 26.8. The monoisotopic (exact) mass is 604 g/mol. The van der Waals surface area contributed by atoms with Crippen LogP contribution in [0.2, 0.25) is 5.02 Å². The first-order valence-electron chi connectivity index (χ1n) is 13.0. The Morgan fingerprint density at radius 3 is 2.62 bits per heavy atom. The molecule has 3 heterocycles. The van der Waals surface area contributed by atoms with Crippen LogP contribution in [-0.4, -0.2) is 74.4 Å². The van der Waals surface area contributed by atoms with Gasteiger partial charge >= 0.3 is 0 Å². The van der Waals surface area contributed by atoms with E-state index in [2.05, 4.69) is 16.0 Å². The van der Waals surface area contributed by atoms with Crippen LogP contribution >= 0.6 is 11.6 Å². The summed E-state index contributed by atoms with van der Waals surface area (Å²) in [5.41, 5.74) is 1.27. The number of alkyl halides is 2. The number of rotatable bonds is 9. The number of anilines is 1. The molecule has 0 spiro atoms. The topological polar surface area (TPSA) is 125 Å². The third-order valence-electron chi connectivity index (χ3n) is 7.91. The van der Waals surface area contributed by atoms with E-state index in [4.69, 9.17) is 11.6 Å². The highest BCUT2D eigenvalue weighted by atomic mass is 35.5. The van der Waals surface area contributed by atoms with Crippen LogP contribution in [0.15, 0.2) is 29.4 Å². The van der Waals surface area contributed by atoms with Gasteiger partial charge in [-0.05, 0) is 56.4 Å². The Hall–Kier alpha value is -2.80. The molecule has 9 nitrogen and oxygen atoms in total. The Kier molecular flexibility index (Phi) is 8.74. The summed E-state index contributed by atoms with van der Waals surface area (Å²) in [4.78, 5) is 40.3. The van der Waals surface area contributed by atoms with Crippen LogP contribution in [0.5, 0.6) is 0 Å². The highest BCUT2D eigenvalue weighted by Gasteiger charge is 2.60. The Bertz CT molecular complexity index is 1330. The fourth-order valence-corrected chi connectivity index (χ4v) is 6.41. The van der Waals surface area contributed by atoms with Crippen LogP contribution in [0.1, 0.15) is 37.7 Å². The lowest BCUT2D eigenvalue weighted by Gasteiger charge is -2.53. The van der Waals surface area contributed by atoms with Crippen molar-refractivity contribution in [3.05, 3.63) is 40.0 Å². The fourth-order valence-electron chi connectivity index (χ4n) is 5.82. The first-order valence-corrected chi connectivity index (χ1v) is 15.3. The molecule has 3 aliphatic heterocycles. The van der Waals surface area contributed by atoms with Crippen LogP contribution < -0.4 is 16.0 Å². The van der Waals surface area contributed by atoms with Crippen molar-refractivity contribution in [1.82, 2.24) is 15.5 Å². The summed E-state index contributed by atoms with van der Waals surface area (Å²) < 4.78 is 67.9. The number of piperidine rings is 2. The molecule has 3 saturated heterocycles. The summed E-state index contributed by atoms with van der Waals surface area (Å²) in [5, 5.41) is 7.01. The van der Waals surface area contributed by atoms with Crippen molar-refractivity contribution in [2.24, 2.45) is 11.8 Å². The van der Waals surface area contributed by atoms with Gasteiger partial charge in [0, 0.05) is 41.9 Å². The highest BCUT2D eigenvalue weighted by molar-refractivity contribution is 7.94. The van der Waals surface area contributed by atoms with Gasteiger partial charge in [0.15, 0.2) is 0 Å². The minimum Gasteiger partial charge on any atom is -0.376 e. The molecule has 1 saturated carbocycles. The van der Waals surface area contributed by atoms with Crippen molar-refractivity contribution in [2.75, 3.05) is 24.7 Å². The molecular formula is C26H32ClF3N4O5S. The number of sulfone groups is 1. The molecule has 3 amide bonds. The van der Waals surface area contributed by atoms with Crippen molar-refractivity contribution in [1.29, 1.82) is 0 Å². The van der Waals surface area contributed by atoms with E-state index in [-0.39, 0.29) is 25.3 Å². The minimum absolute atomic E-state index is 0.00357. The van der Waals surface area contributed by atoms with Gasteiger partial charge in [0.1, 0.15) is 6.04 Å². The van der Waals surface area contributed by atoms with Crippen molar-refractivity contribution < 1.29 is 36.0 Å². The third kappa shape index (κ3) is 6.40. The maximum absolute atomic E-state index is 15.0. The van der Waals surface area contributed by atoms with Crippen molar-refractivity contribution in [3.8, 4) is 0 Å². The number of nitrogens with one attached hydrogen (secondary N) is 3. The predicted molar refractivity (Wildman–Crippen MR) is 143 cm³/mol. The summed E-state index contributed by atoms with van der Waals surface area (Å²) in [6.45, 7) is 1.83. The Labute approximate surface area is 235 Å². The maximum Gasteiger partial charge on any atom is 0.255 e. The summed E-state index contributed by atoms with van der Waals surface area (Å²) in [7, 11) is -4.26. The van der Waals surface area contributed by atoms with E-state index >= 15 is 8.78 Å². The number of hydrogen-bond donors (Lipinski definition) is 3. The molecule has 1 aromatic rings. The SMILES string of the molecule is Cc1c(Cl)cccc1NCC(=O)N1[C@H]2CC[C@@H]([C@@H]1C(=O)N[C@@H](/C=C(/F)S(C)(=O)=O)C[C@@H]1CCNC1=O)C(F)(F)C2. The second-order valence-electron chi connectivity index (χ2n) is 10.7. The lowest BCUT2D eigenvalue weighted by molar-refractivity contribution is -0.193. The minimum atomic E-state index is -4.26. The number of carbonyl (C=O) groups excluding carboxylic acids is 3. The van der Waals surface area contributed by atoms with E-state index in [0.717, 1.165) is 0 Å². The van der Waals surface area contributed by atoms with Gasteiger partial charge < -0.3 is 20.9 Å². The quantitative estimate of drug-likeness (QED) is 0.398. The van der Waals surface area contributed by atoms with Gasteiger partial charge in [0.2, 0.25) is 32.7 Å². The van der Waals surface area contributed by atoms with Crippen LogP contribution in [-0.2, 0) is 24.2 Å². The summed E-state index contributed by atoms with van der Waals surface area (Å²) >= 11 is 6.14. The second kappa shape index (κ2) is 11.6. The Morgan fingerprint density at radius 2 is 2.00 bits per heavy atom. The van der Waals surface area contributed by atoms with E-state index in [1.165, 1.54) is 4.90 Å². The molecule has 2 bridgehead atoms. The van der Waals surface area contributed by atoms with E-state index in [1.807, 2.05) is 0 Å². The number of benzene rings is 1. The Balaban J connectivity index is 1.59. The molecule has 220 valence electrons. The van der Waals surface area contributed by atoms with Gasteiger partial charge in [-0.3, -0.25) is 14.4 Å². The lowest BCUT2D eigenvalue weighted by Crippen LogP contribution is -2.69. The number of fused-ring (bicyclic) bond motifs is 3. The van der Waals surface area contributed by atoms with Crippen molar-refractivity contribution in [3.63, 3.8) is 0 Å². The molecule has 5 atom stereocenters. The van der Waals surface area contributed by atoms with E-state index in [9.17, 15) is 27.2 Å². The molecule has 4 fully saturated rings. The van der Waals surface area contributed by atoms with Gasteiger partial charge in [0.05, 0.1) is 18.5 Å². The fraction of sp³-hybridized carbons (Fsp3) is 0.577. The zero-order valence-electron chi connectivity index (χ0n) is 22.1. The van der Waals surface area contributed by atoms with Gasteiger partial charge in [-0.15, -0.1) is 0 Å². The molecule has 0 radical (unpaired) electrons. The summed E-state index contributed by atoms with van der Waals surface area (Å²) in [5.74, 6) is -7.20. The molecular weight excluding hydrogens is 573 g/mol. The predicted octanol–water partition coefficient (Wildman–Crippen LogP) is 2.94. The first-order chi connectivity index (χ1) is 18.7. The van der Waals surface area contributed by atoms with Gasteiger partial charge in [-0.25, -0.2) is 17.2 Å². The van der Waals surface area contributed by atoms with Crippen molar-refractivity contribution in [2.45, 2.75) is 63.1 Å². The molecule has 4 aliphatic rings. The zero-order chi connectivity index (χ0) is 29.4. The van der Waals surface area contributed by atoms with Gasteiger partial charge in [0.25, 0.3) is 5.92 Å². The number of amides is 3. The molecule has 5 rings (SSSR count). The van der Waals surface area contributed by atoms with Crippen LogP contribution in [0.3, 0.4) is 0 Å². The van der Waals surface area contributed by atoms with Crippen LogP contribution in [0, 0.1) is 18.8 Å². The lowest BCUT2D eigenvalue weighted by atomic mass is 9.71. The number of halogens is 4. The molecule has 1 aliphatic carbocycles. The molecule has 40 heavy (non-hydrogen) atoms. The molecule has 3 N–H and O–H groups in total. The standard InChI is InChI=1S/C26H32ClF3N4O5S/c1-14-19(27)4-3-5-20(14)32-13-22(35)34-17-6-7-18(26(29,30)12-17)23(34)25(37)33-16(11-21(28)40(2,38)39)10-15-8-9-31-24(15)36/h3-5,11,15-18,23,32H,6-10,12-13H2,1-2H3,(H,31,36)(H,33,37)/b21-11-/t15-,16+,17-,18-,23+/m0/s1. The van der Waals surface area contributed by atoms with Crippen LogP contribution in [0.25, 0.3) is 0 Å². The summed E-state index contributed by atoms with van der Waals surface area (Å²) in [6, 6.07) is 1.34. The Morgan fingerprint density at radius 1 is 1.27 bits per heavy atom. The average molecular weight is 605 g/mol. The smallest absolute Gasteiger partial charge is 0.255 e. The average Bonchev–Trinajstić information content (AvgIpc) is 3.27. The van der Waals surface area contributed by atoms with E-state index < -0.39 is 69.1 Å². The number of carbonyl (C=O) groups is 3. The van der Waals surface area contributed by atoms with Crippen molar-refractivity contribution >= 4 is 44.8 Å². The molecule has 1 aromatic carbocycles. The summed E-state index contributed by atoms with van der Waals surface area (Å²) in [6.07, 6.45) is 1.27. The largest absolute Gasteiger partial charge is 0.376 e. The molecule has 0 aromatic heterocycles.